The van der Waals surface area contributed by atoms with E-state index in [-0.39, 0.29) is 17.4 Å². The molecule has 5 nitrogen and oxygen atoms in total. The highest BCUT2D eigenvalue weighted by Gasteiger charge is 2.32. The molecule has 1 aliphatic rings. The molecule has 0 spiro atoms. The Morgan fingerprint density at radius 3 is 2.28 bits per heavy atom. The molecule has 18 heavy (non-hydrogen) atoms. The Morgan fingerprint density at radius 2 is 1.72 bits per heavy atom. The highest BCUT2D eigenvalue weighted by molar-refractivity contribution is 5.79. The summed E-state index contributed by atoms with van der Waals surface area (Å²) in [4.78, 5) is 22.9. The van der Waals surface area contributed by atoms with Crippen LogP contribution in [-0.4, -0.2) is 38.0 Å². The first-order valence-corrected chi connectivity index (χ1v) is 6.78. The van der Waals surface area contributed by atoms with Gasteiger partial charge in [0.2, 0.25) is 11.8 Å². The SMILES string of the molecule is CNC(=O)CCNC(=O)CC1(NC)CCCCC1. The van der Waals surface area contributed by atoms with Crippen LogP contribution in [0.15, 0.2) is 0 Å². The molecule has 0 saturated heterocycles. The average Bonchev–Trinajstić information content (AvgIpc) is 2.39. The van der Waals surface area contributed by atoms with Crippen molar-refractivity contribution < 1.29 is 9.59 Å². The summed E-state index contributed by atoms with van der Waals surface area (Å²) in [5, 5.41) is 8.67. The minimum absolute atomic E-state index is 0.0324. The second-order valence-electron chi connectivity index (χ2n) is 5.04. The van der Waals surface area contributed by atoms with Crippen LogP contribution < -0.4 is 16.0 Å². The smallest absolute Gasteiger partial charge is 0.221 e. The maximum atomic E-state index is 11.9. The van der Waals surface area contributed by atoms with E-state index < -0.39 is 0 Å². The van der Waals surface area contributed by atoms with Crippen LogP contribution in [0.1, 0.15) is 44.9 Å². The van der Waals surface area contributed by atoms with E-state index in [0.717, 1.165) is 12.8 Å². The topological polar surface area (TPSA) is 70.2 Å². The first-order chi connectivity index (χ1) is 8.62. The van der Waals surface area contributed by atoms with Crippen LogP contribution in [0.25, 0.3) is 0 Å². The summed E-state index contributed by atoms with van der Waals surface area (Å²) in [5.74, 6) is -0.00792. The lowest BCUT2D eigenvalue weighted by Crippen LogP contribution is -2.48. The Labute approximate surface area is 109 Å². The van der Waals surface area contributed by atoms with Crippen LogP contribution in [0, 0.1) is 0 Å². The second-order valence-corrected chi connectivity index (χ2v) is 5.04. The van der Waals surface area contributed by atoms with Gasteiger partial charge in [-0.15, -0.1) is 0 Å². The molecule has 0 aliphatic heterocycles. The minimum atomic E-state index is -0.0451. The number of carbonyl (C=O) groups excluding carboxylic acids is 2. The van der Waals surface area contributed by atoms with Crippen LogP contribution in [0.4, 0.5) is 0 Å². The largest absolute Gasteiger partial charge is 0.359 e. The average molecular weight is 255 g/mol. The summed E-state index contributed by atoms with van der Waals surface area (Å²) in [6, 6.07) is 0. The van der Waals surface area contributed by atoms with Gasteiger partial charge in [-0.25, -0.2) is 0 Å². The molecule has 5 heteroatoms. The molecule has 0 bridgehead atoms. The van der Waals surface area contributed by atoms with Crippen molar-refractivity contribution in [2.75, 3.05) is 20.6 Å². The van der Waals surface area contributed by atoms with Crippen LogP contribution in [-0.2, 0) is 9.59 Å². The third kappa shape index (κ3) is 4.64. The van der Waals surface area contributed by atoms with Gasteiger partial charge in [0.1, 0.15) is 0 Å². The van der Waals surface area contributed by atoms with Crippen molar-refractivity contribution in [1.29, 1.82) is 0 Å². The standard InChI is InChI=1S/C13H25N3O2/c1-14-11(17)6-9-16-12(18)10-13(15-2)7-4-3-5-8-13/h15H,3-10H2,1-2H3,(H,14,17)(H,16,18). The quantitative estimate of drug-likeness (QED) is 0.649. The van der Waals surface area contributed by atoms with E-state index in [0.29, 0.717) is 19.4 Å². The number of hydrogen-bond donors (Lipinski definition) is 3. The molecule has 0 atom stereocenters. The van der Waals surface area contributed by atoms with Crippen molar-refractivity contribution in [2.45, 2.75) is 50.5 Å². The van der Waals surface area contributed by atoms with Crippen molar-refractivity contribution in [3.8, 4) is 0 Å². The predicted molar refractivity (Wildman–Crippen MR) is 71.2 cm³/mol. The fourth-order valence-corrected chi connectivity index (χ4v) is 2.55. The normalized spacial score (nSPS) is 18.1. The Kier molecular flexibility index (Phi) is 6.12. The molecular formula is C13H25N3O2. The van der Waals surface area contributed by atoms with E-state index in [9.17, 15) is 9.59 Å². The zero-order valence-corrected chi connectivity index (χ0v) is 11.5. The second kappa shape index (κ2) is 7.36. The molecule has 0 aromatic heterocycles. The molecule has 0 aromatic carbocycles. The van der Waals surface area contributed by atoms with Gasteiger partial charge in [-0.2, -0.15) is 0 Å². The number of amides is 2. The van der Waals surface area contributed by atoms with Crippen molar-refractivity contribution >= 4 is 11.8 Å². The van der Waals surface area contributed by atoms with Crippen LogP contribution in [0.3, 0.4) is 0 Å². The zero-order chi connectivity index (χ0) is 13.4. The maximum Gasteiger partial charge on any atom is 0.221 e. The Hall–Kier alpha value is -1.10. The summed E-state index contributed by atoms with van der Waals surface area (Å²) in [6.45, 7) is 0.415. The van der Waals surface area contributed by atoms with Crippen LogP contribution >= 0.6 is 0 Å². The number of hydrogen-bond acceptors (Lipinski definition) is 3. The van der Waals surface area contributed by atoms with Gasteiger partial charge < -0.3 is 16.0 Å². The number of rotatable bonds is 6. The Balaban J connectivity index is 2.31. The van der Waals surface area contributed by atoms with Gasteiger partial charge in [0, 0.05) is 32.0 Å². The van der Waals surface area contributed by atoms with Gasteiger partial charge in [0.15, 0.2) is 0 Å². The number of nitrogens with one attached hydrogen (secondary N) is 3. The van der Waals surface area contributed by atoms with E-state index in [4.69, 9.17) is 0 Å². The van der Waals surface area contributed by atoms with Gasteiger partial charge in [0.05, 0.1) is 0 Å². The van der Waals surface area contributed by atoms with Crippen molar-refractivity contribution in [2.24, 2.45) is 0 Å². The lowest BCUT2D eigenvalue weighted by atomic mass is 9.79. The molecule has 0 aromatic rings. The van der Waals surface area contributed by atoms with Crippen LogP contribution in [0.5, 0.6) is 0 Å². The summed E-state index contributed by atoms with van der Waals surface area (Å²) in [6.07, 6.45) is 6.62. The molecule has 0 unspecified atom stereocenters. The predicted octanol–water partition coefficient (Wildman–Crippen LogP) is 0.551. The fourth-order valence-electron chi connectivity index (χ4n) is 2.55. The highest BCUT2D eigenvalue weighted by Crippen LogP contribution is 2.30. The lowest BCUT2D eigenvalue weighted by Gasteiger charge is -2.36. The monoisotopic (exact) mass is 255 g/mol. The molecule has 1 saturated carbocycles. The highest BCUT2D eigenvalue weighted by atomic mass is 16.2. The molecular weight excluding hydrogens is 230 g/mol. The van der Waals surface area contributed by atoms with E-state index in [1.165, 1.54) is 19.3 Å². The van der Waals surface area contributed by atoms with E-state index >= 15 is 0 Å². The number of carbonyl (C=O) groups is 2. The first kappa shape index (κ1) is 15.0. The molecule has 104 valence electrons. The molecule has 1 fully saturated rings. The van der Waals surface area contributed by atoms with Crippen LogP contribution in [0.2, 0.25) is 0 Å². The van der Waals surface area contributed by atoms with Gasteiger partial charge in [-0.3, -0.25) is 9.59 Å². The molecule has 0 heterocycles. The Bertz CT molecular complexity index is 286. The summed E-state index contributed by atoms with van der Waals surface area (Å²) in [7, 11) is 3.53. The lowest BCUT2D eigenvalue weighted by molar-refractivity contribution is -0.123. The summed E-state index contributed by atoms with van der Waals surface area (Å²) in [5.41, 5.74) is -0.0324. The third-order valence-electron chi connectivity index (χ3n) is 3.79. The van der Waals surface area contributed by atoms with E-state index in [1.54, 1.807) is 7.05 Å². The van der Waals surface area contributed by atoms with E-state index in [2.05, 4.69) is 16.0 Å². The van der Waals surface area contributed by atoms with Gasteiger partial charge in [-0.05, 0) is 19.9 Å². The zero-order valence-electron chi connectivity index (χ0n) is 11.5. The molecule has 1 rings (SSSR count). The van der Waals surface area contributed by atoms with Crippen molar-refractivity contribution in [1.82, 2.24) is 16.0 Å². The van der Waals surface area contributed by atoms with Gasteiger partial charge in [-0.1, -0.05) is 19.3 Å². The van der Waals surface area contributed by atoms with Crippen molar-refractivity contribution in [3.63, 3.8) is 0 Å². The van der Waals surface area contributed by atoms with Crippen molar-refractivity contribution in [3.05, 3.63) is 0 Å². The van der Waals surface area contributed by atoms with E-state index in [1.807, 2.05) is 7.05 Å². The maximum absolute atomic E-state index is 11.9. The molecule has 3 N–H and O–H groups in total. The molecule has 1 aliphatic carbocycles. The summed E-state index contributed by atoms with van der Waals surface area (Å²) >= 11 is 0. The minimum Gasteiger partial charge on any atom is -0.359 e. The fraction of sp³-hybridized carbons (Fsp3) is 0.846. The first-order valence-electron chi connectivity index (χ1n) is 6.78. The third-order valence-corrected chi connectivity index (χ3v) is 3.79. The summed E-state index contributed by atoms with van der Waals surface area (Å²) < 4.78 is 0. The molecule has 0 radical (unpaired) electrons. The van der Waals surface area contributed by atoms with Gasteiger partial charge in [0.25, 0.3) is 0 Å². The van der Waals surface area contributed by atoms with Gasteiger partial charge >= 0.3 is 0 Å². The Morgan fingerprint density at radius 1 is 1.06 bits per heavy atom. The molecule has 2 amide bonds.